The fourth-order valence-electron chi connectivity index (χ4n) is 1.78. The van der Waals surface area contributed by atoms with Crippen LogP contribution >= 0.6 is 0 Å². The van der Waals surface area contributed by atoms with Crippen LogP contribution in [0, 0.1) is 0 Å². The van der Waals surface area contributed by atoms with Crippen molar-refractivity contribution in [3.8, 4) is 0 Å². The van der Waals surface area contributed by atoms with Crippen LogP contribution in [0.2, 0.25) is 0 Å². The SMILES string of the molecule is CCCC(C)c1n[nH]c2c(=O)[nH]cnc12. The molecular weight excluding hydrogens is 192 g/mol. The second-order valence-electron chi connectivity index (χ2n) is 3.75. The van der Waals surface area contributed by atoms with Crippen molar-refractivity contribution >= 4 is 11.0 Å². The highest BCUT2D eigenvalue weighted by Gasteiger charge is 2.14. The van der Waals surface area contributed by atoms with E-state index >= 15 is 0 Å². The summed E-state index contributed by atoms with van der Waals surface area (Å²) in [5.41, 5.74) is 1.88. The Labute approximate surface area is 86.9 Å². The van der Waals surface area contributed by atoms with Crippen molar-refractivity contribution < 1.29 is 0 Å². The van der Waals surface area contributed by atoms with E-state index in [1.807, 2.05) is 0 Å². The molecule has 2 rings (SSSR count). The molecule has 80 valence electrons. The molecule has 1 unspecified atom stereocenters. The quantitative estimate of drug-likeness (QED) is 0.800. The minimum atomic E-state index is -0.164. The molecule has 2 heterocycles. The highest BCUT2D eigenvalue weighted by atomic mass is 16.1. The predicted octanol–water partition coefficient (Wildman–Crippen LogP) is 1.55. The van der Waals surface area contributed by atoms with Gasteiger partial charge in [-0.25, -0.2) is 4.98 Å². The van der Waals surface area contributed by atoms with E-state index in [0.717, 1.165) is 18.5 Å². The molecule has 0 fully saturated rings. The lowest BCUT2D eigenvalue weighted by Gasteiger charge is -2.05. The van der Waals surface area contributed by atoms with E-state index in [-0.39, 0.29) is 5.56 Å². The van der Waals surface area contributed by atoms with Crippen molar-refractivity contribution in [3.63, 3.8) is 0 Å². The Bertz CT molecular complexity index is 513. The van der Waals surface area contributed by atoms with E-state index in [1.165, 1.54) is 6.33 Å². The molecule has 0 aromatic carbocycles. The Balaban J connectivity index is 2.54. The summed E-state index contributed by atoms with van der Waals surface area (Å²) >= 11 is 0. The molecule has 2 N–H and O–H groups in total. The molecule has 15 heavy (non-hydrogen) atoms. The molecule has 0 aliphatic carbocycles. The summed E-state index contributed by atoms with van der Waals surface area (Å²) in [5, 5.41) is 6.91. The van der Waals surface area contributed by atoms with Gasteiger partial charge in [0.1, 0.15) is 11.0 Å². The van der Waals surface area contributed by atoms with Gasteiger partial charge < -0.3 is 4.98 Å². The topological polar surface area (TPSA) is 74.4 Å². The number of nitrogens with zero attached hydrogens (tertiary/aromatic N) is 2. The second kappa shape index (κ2) is 3.84. The Kier molecular flexibility index (Phi) is 2.53. The van der Waals surface area contributed by atoms with Crippen molar-refractivity contribution in [3.05, 3.63) is 22.4 Å². The van der Waals surface area contributed by atoms with Crippen LogP contribution in [0.15, 0.2) is 11.1 Å². The summed E-state index contributed by atoms with van der Waals surface area (Å²) in [5.74, 6) is 0.332. The summed E-state index contributed by atoms with van der Waals surface area (Å²) < 4.78 is 0. The maximum absolute atomic E-state index is 11.4. The van der Waals surface area contributed by atoms with E-state index in [2.05, 4.69) is 34.0 Å². The van der Waals surface area contributed by atoms with E-state index in [4.69, 9.17) is 0 Å². The molecule has 0 aliphatic rings. The van der Waals surface area contributed by atoms with Gasteiger partial charge in [0.2, 0.25) is 0 Å². The lowest BCUT2D eigenvalue weighted by Crippen LogP contribution is -2.06. The Morgan fingerprint density at radius 2 is 2.33 bits per heavy atom. The molecule has 1 atom stereocenters. The number of hydrogen-bond acceptors (Lipinski definition) is 3. The first-order chi connectivity index (χ1) is 7.24. The van der Waals surface area contributed by atoms with E-state index in [0.29, 0.717) is 17.0 Å². The van der Waals surface area contributed by atoms with Gasteiger partial charge in [0.15, 0.2) is 0 Å². The molecule has 2 aromatic rings. The third-order valence-electron chi connectivity index (χ3n) is 2.57. The third-order valence-corrected chi connectivity index (χ3v) is 2.57. The van der Waals surface area contributed by atoms with Crippen LogP contribution in [0.1, 0.15) is 38.3 Å². The van der Waals surface area contributed by atoms with E-state index in [1.54, 1.807) is 0 Å². The van der Waals surface area contributed by atoms with Gasteiger partial charge in [0, 0.05) is 5.92 Å². The lowest BCUT2D eigenvalue weighted by molar-refractivity contribution is 0.647. The Morgan fingerprint density at radius 1 is 1.53 bits per heavy atom. The van der Waals surface area contributed by atoms with Gasteiger partial charge in [-0.2, -0.15) is 5.10 Å². The summed E-state index contributed by atoms with van der Waals surface area (Å²) in [6, 6.07) is 0. The van der Waals surface area contributed by atoms with Crippen LogP contribution in [0.3, 0.4) is 0 Å². The zero-order valence-electron chi connectivity index (χ0n) is 8.87. The molecule has 0 aliphatic heterocycles. The number of aromatic amines is 2. The van der Waals surface area contributed by atoms with Gasteiger partial charge in [-0.3, -0.25) is 9.89 Å². The second-order valence-corrected chi connectivity index (χ2v) is 3.75. The number of fused-ring (bicyclic) bond motifs is 1. The van der Waals surface area contributed by atoms with Crippen LogP contribution < -0.4 is 5.56 Å². The molecule has 2 aromatic heterocycles. The van der Waals surface area contributed by atoms with Crippen molar-refractivity contribution in [1.29, 1.82) is 0 Å². The first-order valence-corrected chi connectivity index (χ1v) is 5.15. The third kappa shape index (κ3) is 1.65. The maximum Gasteiger partial charge on any atom is 0.276 e. The molecule has 0 amide bonds. The molecule has 0 spiro atoms. The number of hydrogen-bond donors (Lipinski definition) is 2. The first-order valence-electron chi connectivity index (χ1n) is 5.15. The van der Waals surface area contributed by atoms with Gasteiger partial charge >= 0.3 is 0 Å². The highest BCUT2D eigenvalue weighted by Crippen LogP contribution is 2.22. The van der Waals surface area contributed by atoms with Crippen molar-refractivity contribution in [2.45, 2.75) is 32.6 Å². The van der Waals surface area contributed by atoms with E-state index in [9.17, 15) is 4.79 Å². The standard InChI is InChI=1S/C10H14N4O/c1-3-4-6(2)7-8-9(14-13-7)10(15)12-5-11-8/h5-6H,3-4H2,1-2H3,(H,13,14)(H,11,12,15). The van der Waals surface area contributed by atoms with Gasteiger partial charge in [-0.15, -0.1) is 0 Å². The van der Waals surface area contributed by atoms with Gasteiger partial charge in [0.25, 0.3) is 5.56 Å². The van der Waals surface area contributed by atoms with Crippen LogP contribution in [0.4, 0.5) is 0 Å². The predicted molar refractivity (Wildman–Crippen MR) is 57.8 cm³/mol. The minimum Gasteiger partial charge on any atom is -0.311 e. The van der Waals surface area contributed by atoms with Crippen molar-refractivity contribution in [2.75, 3.05) is 0 Å². The monoisotopic (exact) mass is 206 g/mol. The van der Waals surface area contributed by atoms with Crippen LogP contribution in [0.25, 0.3) is 11.0 Å². The number of aromatic nitrogens is 4. The summed E-state index contributed by atoms with van der Waals surface area (Å²) in [6.45, 7) is 4.23. The molecule has 5 heteroatoms. The molecule has 0 saturated carbocycles. The maximum atomic E-state index is 11.4. The minimum absolute atomic E-state index is 0.164. The average molecular weight is 206 g/mol. The summed E-state index contributed by atoms with van der Waals surface area (Å²) in [4.78, 5) is 18.1. The van der Waals surface area contributed by atoms with E-state index < -0.39 is 0 Å². The Hall–Kier alpha value is -1.65. The van der Waals surface area contributed by atoms with Crippen LogP contribution in [-0.2, 0) is 0 Å². The van der Waals surface area contributed by atoms with Crippen LogP contribution in [0.5, 0.6) is 0 Å². The van der Waals surface area contributed by atoms with Gasteiger partial charge in [0.05, 0.1) is 12.0 Å². The fraction of sp³-hybridized carbons (Fsp3) is 0.500. The zero-order valence-corrected chi connectivity index (χ0v) is 8.87. The number of H-pyrrole nitrogens is 2. The van der Waals surface area contributed by atoms with Gasteiger partial charge in [-0.05, 0) is 6.42 Å². The average Bonchev–Trinajstić information content (AvgIpc) is 2.63. The van der Waals surface area contributed by atoms with Crippen LogP contribution in [-0.4, -0.2) is 20.2 Å². The number of nitrogens with one attached hydrogen (secondary N) is 2. The normalized spacial score (nSPS) is 13.2. The fourth-order valence-corrected chi connectivity index (χ4v) is 1.78. The molecular formula is C10H14N4O. The summed E-state index contributed by atoms with van der Waals surface area (Å²) in [7, 11) is 0. The first kappa shape index (κ1) is 9.89. The molecule has 0 saturated heterocycles. The van der Waals surface area contributed by atoms with Gasteiger partial charge in [-0.1, -0.05) is 20.3 Å². The van der Waals surface area contributed by atoms with Crippen molar-refractivity contribution in [1.82, 2.24) is 20.2 Å². The highest BCUT2D eigenvalue weighted by molar-refractivity contribution is 5.75. The number of rotatable bonds is 3. The lowest BCUT2D eigenvalue weighted by atomic mass is 10.0. The molecule has 0 bridgehead atoms. The largest absolute Gasteiger partial charge is 0.311 e. The van der Waals surface area contributed by atoms with Crippen molar-refractivity contribution in [2.24, 2.45) is 0 Å². The zero-order chi connectivity index (χ0) is 10.8. The Morgan fingerprint density at radius 3 is 3.07 bits per heavy atom. The molecule has 5 nitrogen and oxygen atoms in total. The summed E-state index contributed by atoms with van der Waals surface area (Å²) in [6.07, 6.45) is 3.56. The molecule has 0 radical (unpaired) electrons. The smallest absolute Gasteiger partial charge is 0.276 e.